The fourth-order valence-electron chi connectivity index (χ4n) is 1.64. The summed E-state index contributed by atoms with van der Waals surface area (Å²) in [5.41, 5.74) is 0.913. The molecular formula is C14H13ClFN3S. The fourth-order valence-corrected chi connectivity index (χ4v) is 2.01. The molecule has 0 fully saturated rings. The topological polar surface area (TPSA) is 37.0 Å². The third-order valence-electron chi connectivity index (χ3n) is 2.58. The van der Waals surface area contributed by atoms with Crippen molar-refractivity contribution in [3.8, 4) is 0 Å². The van der Waals surface area contributed by atoms with Crippen LogP contribution in [0.4, 0.5) is 10.2 Å². The van der Waals surface area contributed by atoms with Gasteiger partial charge in [0, 0.05) is 12.7 Å². The molecule has 0 spiro atoms. The molecule has 6 heteroatoms. The molecule has 0 amide bonds. The summed E-state index contributed by atoms with van der Waals surface area (Å²) >= 11 is 11.1. The van der Waals surface area contributed by atoms with Gasteiger partial charge in [-0.25, -0.2) is 9.37 Å². The normalized spacial score (nSPS) is 10.1. The summed E-state index contributed by atoms with van der Waals surface area (Å²) in [6.45, 7) is 0.597. The minimum atomic E-state index is -0.233. The molecule has 1 heterocycles. The number of rotatable bonds is 4. The lowest BCUT2D eigenvalue weighted by Crippen LogP contribution is -2.30. The summed E-state index contributed by atoms with van der Waals surface area (Å²) in [5.74, 6) is 0.279. The highest BCUT2D eigenvalue weighted by Crippen LogP contribution is 2.16. The zero-order valence-corrected chi connectivity index (χ0v) is 12.1. The van der Waals surface area contributed by atoms with E-state index in [1.807, 2.05) is 6.07 Å². The van der Waals surface area contributed by atoms with E-state index >= 15 is 0 Å². The van der Waals surface area contributed by atoms with Crippen molar-refractivity contribution in [1.29, 1.82) is 0 Å². The fraction of sp³-hybridized carbons (Fsp3) is 0.143. The average molecular weight is 310 g/mol. The maximum atomic E-state index is 13.0. The molecule has 2 aromatic rings. The molecular weight excluding hydrogens is 297 g/mol. The second-order valence-corrected chi connectivity index (χ2v) is 4.91. The minimum absolute atomic E-state index is 0.233. The van der Waals surface area contributed by atoms with Gasteiger partial charge in [0.15, 0.2) is 10.9 Å². The van der Waals surface area contributed by atoms with E-state index in [4.69, 9.17) is 23.8 Å². The molecule has 2 rings (SSSR count). The van der Waals surface area contributed by atoms with Crippen molar-refractivity contribution < 1.29 is 4.39 Å². The number of aromatic nitrogens is 1. The number of hydrogen-bond donors (Lipinski definition) is 2. The molecule has 2 N–H and O–H groups in total. The highest BCUT2D eigenvalue weighted by Gasteiger charge is 2.03. The van der Waals surface area contributed by atoms with Gasteiger partial charge in [-0.05, 0) is 48.5 Å². The Kier molecular flexibility index (Phi) is 5.26. The van der Waals surface area contributed by atoms with E-state index in [9.17, 15) is 4.39 Å². The van der Waals surface area contributed by atoms with Crippen LogP contribution in [0.15, 0.2) is 42.6 Å². The zero-order chi connectivity index (χ0) is 14.4. The molecule has 0 aliphatic heterocycles. The molecule has 0 radical (unpaired) electrons. The standard InChI is InChI=1S/C14H13ClFN3S/c15-12-5-2-7-17-13(12)19-14(20)18-8-6-10-3-1-4-11(16)9-10/h1-5,7,9H,6,8H2,(H2,17,18,19,20). The molecule has 0 unspecified atom stereocenters. The molecule has 1 aromatic heterocycles. The van der Waals surface area contributed by atoms with E-state index in [1.165, 1.54) is 12.1 Å². The van der Waals surface area contributed by atoms with Gasteiger partial charge >= 0.3 is 0 Å². The maximum absolute atomic E-state index is 13.0. The molecule has 104 valence electrons. The number of pyridine rings is 1. The summed E-state index contributed by atoms with van der Waals surface area (Å²) in [5, 5.41) is 6.87. The van der Waals surface area contributed by atoms with E-state index in [2.05, 4.69) is 15.6 Å². The number of hydrogen-bond acceptors (Lipinski definition) is 2. The first kappa shape index (κ1) is 14.7. The van der Waals surface area contributed by atoms with Crippen molar-refractivity contribution in [3.63, 3.8) is 0 Å². The highest BCUT2D eigenvalue weighted by molar-refractivity contribution is 7.80. The number of halogens is 2. The summed E-state index contributed by atoms with van der Waals surface area (Å²) < 4.78 is 13.0. The number of nitrogens with zero attached hydrogens (tertiary/aromatic N) is 1. The zero-order valence-electron chi connectivity index (χ0n) is 10.6. The quantitative estimate of drug-likeness (QED) is 0.849. The summed E-state index contributed by atoms with van der Waals surface area (Å²) in [6.07, 6.45) is 2.30. The van der Waals surface area contributed by atoms with Gasteiger partial charge in [-0.3, -0.25) is 0 Å². The second-order valence-electron chi connectivity index (χ2n) is 4.09. The highest BCUT2D eigenvalue weighted by atomic mass is 35.5. The molecule has 20 heavy (non-hydrogen) atoms. The van der Waals surface area contributed by atoms with Crippen molar-refractivity contribution in [2.45, 2.75) is 6.42 Å². The molecule has 0 aliphatic carbocycles. The molecule has 0 saturated carbocycles. The monoisotopic (exact) mass is 309 g/mol. The van der Waals surface area contributed by atoms with Crippen molar-refractivity contribution in [1.82, 2.24) is 10.3 Å². The van der Waals surface area contributed by atoms with Gasteiger partial charge in [0.25, 0.3) is 0 Å². The number of nitrogens with one attached hydrogen (secondary N) is 2. The Morgan fingerprint density at radius 1 is 1.30 bits per heavy atom. The van der Waals surface area contributed by atoms with Gasteiger partial charge in [-0.1, -0.05) is 23.7 Å². The third kappa shape index (κ3) is 4.43. The summed E-state index contributed by atoms with van der Waals surface area (Å²) in [7, 11) is 0. The van der Waals surface area contributed by atoms with Crippen LogP contribution in [0.1, 0.15) is 5.56 Å². The SMILES string of the molecule is Fc1cccc(CCNC(=S)Nc2ncccc2Cl)c1. The summed E-state index contributed by atoms with van der Waals surface area (Å²) in [6, 6.07) is 9.96. The van der Waals surface area contributed by atoms with Gasteiger partial charge in [0.1, 0.15) is 5.82 Å². The molecule has 1 aromatic carbocycles. The van der Waals surface area contributed by atoms with Crippen molar-refractivity contribution in [2.24, 2.45) is 0 Å². The van der Waals surface area contributed by atoms with Crippen molar-refractivity contribution in [2.75, 3.05) is 11.9 Å². The number of thiocarbonyl (C=S) groups is 1. The van der Waals surface area contributed by atoms with E-state index in [-0.39, 0.29) is 5.82 Å². The van der Waals surface area contributed by atoms with Crippen LogP contribution in [0.2, 0.25) is 5.02 Å². The van der Waals surface area contributed by atoms with Gasteiger partial charge in [0.05, 0.1) is 5.02 Å². The van der Waals surface area contributed by atoms with Crippen LogP contribution in [0.3, 0.4) is 0 Å². The van der Waals surface area contributed by atoms with Crippen LogP contribution in [0, 0.1) is 5.82 Å². The third-order valence-corrected chi connectivity index (χ3v) is 3.13. The second kappa shape index (κ2) is 7.17. The van der Waals surface area contributed by atoms with Crippen LogP contribution in [0.25, 0.3) is 0 Å². The minimum Gasteiger partial charge on any atom is -0.362 e. The van der Waals surface area contributed by atoms with Gasteiger partial charge in [0.2, 0.25) is 0 Å². The molecule has 0 aliphatic rings. The average Bonchev–Trinajstić information content (AvgIpc) is 2.41. The summed E-state index contributed by atoms with van der Waals surface area (Å²) in [4.78, 5) is 4.08. The van der Waals surface area contributed by atoms with Crippen molar-refractivity contribution in [3.05, 3.63) is 59.0 Å². The smallest absolute Gasteiger partial charge is 0.171 e. The Morgan fingerprint density at radius 3 is 2.90 bits per heavy atom. The first-order valence-electron chi connectivity index (χ1n) is 6.05. The van der Waals surface area contributed by atoms with Crippen LogP contribution in [0.5, 0.6) is 0 Å². The Bertz CT molecular complexity index is 606. The molecule has 0 atom stereocenters. The molecule has 0 saturated heterocycles. The Hall–Kier alpha value is -1.72. The number of anilines is 1. The Balaban J connectivity index is 1.80. The van der Waals surface area contributed by atoms with Crippen LogP contribution < -0.4 is 10.6 Å². The number of benzene rings is 1. The predicted molar refractivity (Wildman–Crippen MR) is 83.6 cm³/mol. The lowest BCUT2D eigenvalue weighted by Gasteiger charge is -2.10. The van der Waals surface area contributed by atoms with Crippen LogP contribution in [-0.4, -0.2) is 16.6 Å². The molecule has 0 bridgehead atoms. The van der Waals surface area contributed by atoms with Crippen LogP contribution >= 0.6 is 23.8 Å². The van der Waals surface area contributed by atoms with Gasteiger partial charge in [-0.2, -0.15) is 0 Å². The first-order valence-corrected chi connectivity index (χ1v) is 6.83. The first-order chi connectivity index (χ1) is 9.65. The van der Waals surface area contributed by atoms with E-state index in [1.54, 1.807) is 24.4 Å². The predicted octanol–water partition coefficient (Wildman–Crippen LogP) is 3.40. The largest absolute Gasteiger partial charge is 0.362 e. The molecule has 3 nitrogen and oxygen atoms in total. The van der Waals surface area contributed by atoms with E-state index in [0.717, 1.165) is 5.56 Å². The van der Waals surface area contributed by atoms with E-state index < -0.39 is 0 Å². The van der Waals surface area contributed by atoms with Gasteiger partial charge < -0.3 is 10.6 Å². The Morgan fingerprint density at radius 2 is 2.15 bits per heavy atom. The van der Waals surface area contributed by atoms with E-state index in [0.29, 0.717) is 28.9 Å². The van der Waals surface area contributed by atoms with Crippen LogP contribution in [-0.2, 0) is 6.42 Å². The van der Waals surface area contributed by atoms with Crippen molar-refractivity contribution >= 4 is 34.7 Å². The Labute approximate surface area is 127 Å². The lowest BCUT2D eigenvalue weighted by molar-refractivity contribution is 0.625. The van der Waals surface area contributed by atoms with Gasteiger partial charge in [-0.15, -0.1) is 0 Å². The lowest BCUT2D eigenvalue weighted by atomic mass is 10.1. The maximum Gasteiger partial charge on any atom is 0.171 e.